The zero-order chi connectivity index (χ0) is 15.2. The maximum absolute atomic E-state index is 12.7. The summed E-state index contributed by atoms with van der Waals surface area (Å²) in [6, 6.07) is -0.920. The van der Waals surface area contributed by atoms with Gasteiger partial charge in [-0.05, 0) is 26.3 Å². The van der Waals surface area contributed by atoms with Crippen molar-refractivity contribution in [3.05, 3.63) is 26.6 Å². The van der Waals surface area contributed by atoms with Gasteiger partial charge in [0.05, 0.1) is 5.39 Å². The second-order valence-electron chi connectivity index (χ2n) is 5.28. The molecule has 2 rings (SSSR count). The molecule has 0 aliphatic heterocycles. The van der Waals surface area contributed by atoms with Crippen molar-refractivity contribution >= 4 is 27.5 Å². The Bertz CT molecular complexity index is 743. The van der Waals surface area contributed by atoms with Crippen LogP contribution in [-0.2, 0) is 4.79 Å². The lowest BCUT2D eigenvalue weighted by molar-refractivity contribution is -0.140. The molecule has 2 heterocycles. The lowest BCUT2D eigenvalue weighted by Gasteiger charge is -2.18. The number of aromatic nitrogens is 2. The van der Waals surface area contributed by atoms with Gasteiger partial charge in [0.25, 0.3) is 5.56 Å². The third-order valence-electron chi connectivity index (χ3n) is 3.52. The van der Waals surface area contributed by atoms with E-state index < -0.39 is 12.0 Å². The predicted octanol–water partition coefficient (Wildman–Crippen LogP) is 2.84. The maximum atomic E-state index is 12.7. The van der Waals surface area contributed by atoms with E-state index in [0.29, 0.717) is 16.0 Å². The van der Waals surface area contributed by atoms with Gasteiger partial charge >= 0.3 is 5.97 Å². The minimum Gasteiger partial charge on any atom is -0.480 e. The van der Waals surface area contributed by atoms with Crippen LogP contribution >= 0.6 is 11.3 Å². The summed E-state index contributed by atoms with van der Waals surface area (Å²) in [6.07, 6.45) is 0. The van der Waals surface area contributed by atoms with Crippen LogP contribution in [0.25, 0.3) is 10.2 Å². The number of nitrogens with zero attached hydrogens (tertiary/aromatic N) is 2. The van der Waals surface area contributed by atoms with Gasteiger partial charge in [0.1, 0.15) is 16.7 Å². The van der Waals surface area contributed by atoms with Crippen LogP contribution in [0.3, 0.4) is 0 Å². The molecular formula is C14H18N2O3S. The van der Waals surface area contributed by atoms with Crippen molar-refractivity contribution < 1.29 is 9.90 Å². The number of aryl methyl sites for hydroxylation is 2. The number of hydrogen-bond acceptors (Lipinski definition) is 4. The fourth-order valence-corrected chi connectivity index (χ4v) is 3.24. The fourth-order valence-electron chi connectivity index (χ4n) is 2.21. The van der Waals surface area contributed by atoms with Crippen molar-refractivity contribution in [2.24, 2.45) is 0 Å². The van der Waals surface area contributed by atoms with Crippen LogP contribution in [0.5, 0.6) is 0 Å². The summed E-state index contributed by atoms with van der Waals surface area (Å²) in [4.78, 5) is 30.2. The molecule has 0 amide bonds. The van der Waals surface area contributed by atoms with Gasteiger partial charge in [0, 0.05) is 10.8 Å². The van der Waals surface area contributed by atoms with Crippen LogP contribution in [-0.4, -0.2) is 20.6 Å². The lowest BCUT2D eigenvalue weighted by atomic mass is 10.1. The molecule has 0 aliphatic rings. The average molecular weight is 294 g/mol. The number of aliphatic carboxylic acids is 1. The van der Waals surface area contributed by atoms with E-state index in [1.807, 2.05) is 27.7 Å². The molecule has 20 heavy (non-hydrogen) atoms. The highest BCUT2D eigenvalue weighted by Gasteiger charge is 2.24. The van der Waals surface area contributed by atoms with Gasteiger partial charge in [-0.1, -0.05) is 13.8 Å². The molecule has 0 bridgehead atoms. The summed E-state index contributed by atoms with van der Waals surface area (Å²) in [5, 5.41) is 9.77. The molecule has 0 aliphatic carbocycles. The Labute approximate surface area is 120 Å². The molecule has 0 spiro atoms. The second kappa shape index (κ2) is 5.01. The highest BCUT2D eigenvalue weighted by Crippen LogP contribution is 2.28. The molecule has 1 unspecified atom stereocenters. The first-order chi connectivity index (χ1) is 9.25. The average Bonchev–Trinajstić information content (AvgIpc) is 2.64. The lowest BCUT2D eigenvalue weighted by Crippen LogP contribution is -2.32. The second-order valence-corrected chi connectivity index (χ2v) is 6.48. The molecule has 0 saturated carbocycles. The Morgan fingerprint density at radius 2 is 1.90 bits per heavy atom. The van der Waals surface area contributed by atoms with Crippen molar-refractivity contribution in [2.45, 2.75) is 46.6 Å². The zero-order valence-electron chi connectivity index (χ0n) is 12.2. The first-order valence-corrected chi connectivity index (χ1v) is 7.32. The number of fused-ring (bicyclic) bond motifs is 1. The van der Waals surface area contributed by atoms with Gasteiger partial charge in [-0.25, -0.2) is 9.78 Å². The number of thiophene rings is 1. The van der Waals surface area contributed by atoms with E-state index in [-0.39, 0.29) is 11.5 Å². The minimum absolute atomic E-state index is 0.0170. The summed E-state index contributed by atoms with van der Waals surface area (Å²) in [6.45, 7) is 9.15. The third-order valence-corrected chi connectivity index (χ3v) is 4.62. The Morgan fingerprint density at radius 3 is 2.40 bits per heavy atom. The molecule has 6 heteroatoms. The van der Waals surface area contributed by atoms with Gasteiger partial charge in [-0.2, -0.15) is 0 Å². The van der Waals surface area contributed by atoms with Crippen LogP contribution in [0.4, 0.5) is 0 Å². The topological polar surface area (TPSA) is 72.2 Å². The number of hydrogen-bond donors (Lipinski definition) is 1. The molecule has 0 saturated heterocycles. The van der Waals surface area contributed by atoms with Crippen LogP contribution in [0.2, 0.25) is 0 Å². The molecule has 108 valence electrons. The Kier molecular flexibility index (Phi) is 3.69. The normalized spacial score (nSPS) is 13.1. The minimum atomic E-state index is -1.03. The Hall–Kier alpha value is -1.69. The van der Waals surface area contributed by atoms with E-state index in [4.69, 9.17) is 0 Å². The van der Waals surface area contributed by atoms with Crippen LogP contribution in [0, 0.1) is 13.8 Å². The van der Waals surface area contributed by atoms with Gasteiger partial charge in [0.2, 0.25) is 0 Å². The Morgan fingerprint density at radius 1 is 1.30 bits per heavy atom. The maximum Gasteiger partial charge on any atom is 0.326 e. The van der Waals surface area contributed by atoms with Crippen LogP contribution in [0.1, 0.15) is 49.0 Å². The molecule has 0 fully saturated rings. The van der Waals surface area contributed by atoms with E-state index in [0.717, 1.165) is 10.4 Å². The van der Waals surface area contributed by atoms with Crippen molar-refractivity contribution in [2.75, 3.05) is 0 Å². The van der Waals surface area contributed by atoms with E-state index in [2.05, 4.69) is 4.98 Å². The highest BCUT2D eigenvalue weighted by atomic mass is 32.1. The monoisotopic (exact) mass is 294 g/mol. The largest absolute Gasteiger partial charge is 0.480 e. The molecule has 1 atom stereocenters. The third kappa shape index (κ3) is 2.14. The Balaban J connectivity index is 2.93. The predicted molar refractivity (Wildman–Crippen MR) is 79.8 cm³/mol. The van der Waals surface area contributed by atoms with Crippen molar-refractivity contribution in [1.29, 1.82) is 0 Å². The summed E-state index contributed by atoms with van der Waals surface area (Å²) < 4.78 is 1.31. The van der Waals surface area contributed by atoms with Gasteiger partial charge < -0.3 is 5.11 Å². The fraction of sp³-hybridized carbons (Fsp3) is 0.500. The molecule has 1 N–H and O–H groups in total. The summed E-state index contributed by atoms with van der Waals surface area (Å²) in [7, 11) is 0. The van der Waals surface area contributed by atoms with Crippen LogP contribution in [0.15, 0.2) is 4.79 Å². The number of carboxylic acid groups (broad SMARTS) is 1. The molecule has 2 aromatic rings. The number of carboxylic acids is 1. The quantitative estimate of drug-likeness (QED) is 0.944. The standard InChI is InChI=1S/C14H18N2O3S/c1-6(2)11-15-12-10(7(3)9(5)20-12)13(17)16(11)8(4)14(18)19/h6,8H,1-5H3,(H,18,19). The molecule has 5 nitrogen and oxygen atoms in total. The van der Waals surface area contributed by atoms with E-state index in [1.54, 1.807) is 0 Å². The number of carbonyl (C=O) groups is 1. The van der Waals surface area contributed by atoms with E-state index >= 15 is 0 Å². The first-order valence-electron chi connectivity index (χ1n) is 6.50. The molecule has 0 radical (unpaired) electrons. The van der Waals surface area contributed by atoms with Gasteiger partial charge in [-0.15, -0.1) is 11.3 Å². The van der Waals surface area contributed by atoms with Crippen LogP contribution < -0.4 is 5.56 Å². The molecule has 0 aromatic carbocycles. The van der Waals surface area contributed by atoms with E-state index in [1.165, 1.54) is 22.8 Å². The van der Waals surface area contributed by atoms with Crippen molar-refractivity contribution in [3.8, 4) is 0 Å². The van der Waals surface area contributed by atoms with E-state index in [9.17, 15) is 14.7 Å². The molecule has 2 aromatic heterocycles. The smallest absolute Gasteiger partial charge is 0.326 e. The van der Waals surface area contributed by atoms with Gasteiger partial charge in [0.15, 0.2) is 0 Å². The SMILES string of the molecule is Cc1sc2nc(C(C)C)n(C(C)C(=O)O)c(=O)c2c1C. The number of rotatable bonds is 3. The van der Waals surface area contributed by atoms with Crippen molar-refractivity contribution in [3.63, 3.8) is 0 Å². The zero-order valence-corrected chi connectivity index (χ0v) is 13.0. The summed E-state index contributed by atoms with van der Waals surface area (Å²) in [5.74, 6) is -0.519. The first kappa shape index (κ1) is 14.7. The molecular weight excluding hydrogens is 276 g/mol. The van der Waals surface area contributed by atoms with Gasteiger partial charge in [-0.3, -0.25) is 9.36 Å². The summed E-state index contributed by atoms with van der Waals surface area (Å²) >= 11 is 1.48. The highest BCUT2D eigenvalue weighted by molar-refractivity contribution is 7.18. The summed E-state index contributed by atoms with van der Waals surface area (Å²) in [5.41, 5.74) is 0.639. The van der Waals surface area contributed by atoms with Crippen molar-refractivity contribution in [1.82, 2.24) is 9.55 Å².